The minimum atomic E-state index is 1.11. The lowest BCUT2D eigenvalue weighted by molar-refractivity contribution is 1.53. The van der Waals surface area contributed by atoms with Gasteiger partial charge in [-0.3, -0.25) is 4.99 Å². The minimum Gasteiger partial charge on any atom is -0.277 e. The second kappa shape index (κ2) is 1.53. The molecular formula is C5H7BN. The molecule has 0 aromatic carbocycles. The molecule has 0 fully saturated rings. The lowest BCUT2D eigenvalue weighted by atomic mass is 9.68. The average molecular weight is 91.9 g/mol. The second-order valence-corrected chi connectivity index (χ2v) is 1.79. The Morgan fingerprint density at radius 1 is 1.57 bits per heavy atom. The maximum absolute atomic E-state index is 4.02. The van der Waals surface area contributed by atoms with Crippen molar-refractivity contribution in [1.82, 2.24) is 0 Å². The molecule has 0 saturated heterocycles. The predicted octanol–water partition coefficient (Wildman–Crippen LogP) is 0.984. The van der Waals surface area contributed by atoms with Crippen LogP contribution in [-0.4, -0.2) is 12.9 Å². The van der Waals surface area contributed by atoms with Crippen LogP contribution in [0.25, 0.3) is 0 Å². The van der Waals surface area contributed by atoms with Gasteiger partial charge in [-0.1, -0.05) is 12.4 Å². The lowest BCUT2D eigenvalue weighted by Crippen LogP contribution is -1.98. The van der Waals surface area contributed by atoms with Gasteiger partial charge in [-0.05, 0) is 12.5 Å². The molecule has 1 heterocycles. The maximum atomic E-state index is 4.02. The van der Waals surface area contributed by atoms with Crippen molar-refractivity contribution in [3.8, 4) is 0 Å². The zero-order valence-corrected chi connectivity index (χ0v) is 4.60. The van der Waals surface area contributed by atoms with Gasteiger partial charge < -0.3 is 0 Å². The van der Waals surface area contributed by atoms with Crippen molar-refractivity contribution >= 4 is 12.9 Å². The Bertz CT molecular complexity index is 119. The average Bonchev–Trinajstić information content (AvgIpc) is 1.87. The van der Waals surface area contributed by atoms with Crippen molar-refractivity contribution in [2.45, 2.75) is 13.8 Å². The molecule has 1 aliphatic heterocycles. The fraction of sp³-hybridized carbons (Fsp3) is 0.400. The summed E-state index contributed by atoms with van der Waals surface area (Å²) in [6.07, 6.45) is 1.87. The summed E-state index contributed by atoms with van der Waals surface area (Å²) in [6, 6.07) is 0. The summed E-state index contributed by atoms with van der Waals surface area (Å²) >= 11 is 0. The van der Waals surface area contributed by atoms with Crippen LogP contribution in [0.15, 0.2) is 16.7 Å². The van der Waals surface area contributed by atoms with E-state index in [0.717, 1.165) is 5.61 Å². The fourth-order valence-electron chi connectivity index (χ4n) is 0.608. The van der Waals surface area contributed by atoms with E-state index in [9.17, 15) is 0 Å². The lowest BCUT2D eigenvalue weighted by Gasteiger charge is -1.80. The molecule has 1 rings (SSSR count). The Morgan fingerprint density at radius 2 is 2.29 bits per heavy atom. The molecule has 35 valence electrons. The van der Waals surface area contributed by atoms with E-state index in [2.05, 4.69) is 12.3 Å². The van der Waals surface area contributed by atoms with Crippen molar-refractivity contribution in [1.29, 1.82) is 0 Å². The van der Waals surface area contributed by atoms with E-state index in [4.69, 9.17) is 0 Å². The first-order valence-electron chi connectivity index (χ1n) is 2.35. The van der Waals surface area contributed by atoms with E-state index >= 15 is 0 Å². The molecule has 1 aliphatic rings. The van der Waals surface area contributed by atoms with Crippen LogP contribution in [-0.2, 0) is 0 Å². The Hall–Kier alpha value is -0.525. The van der Waals surface area contributed by atoms with Crippen molar-refractivity contribution < 1.29 is 0 Å². The highest BCUT2D eigenvalue weighted by Gasteiger charge is 2.00. The van der Waals surface area contributed by atoms with Gasteiger partial charge in [0.25, 0.3) is 0 Å². The van der Waals surface area contributed by atoms with Crippen molar-refractivity contribution in [3.63, 3.8) is 0 Å². The molecule has 0 atom stereocenters. The van der Waals surface area contributed by atoms with E-state index in [-0.39, 0.29) is 0 Å². The molecule has 1 radical (unpaired) electrons. The summed E-state index contributed by atoms with van der Waals surface area (Å²) in [7, 11) is 2.06. The molecule has 7 heavy (non-hydrogen) atoms. The third-order valence-corrected chi connectivity index (χ3v) is 0.908. The molecule has 0 N–H and O–H groups in total. The van der Waals surface area contributed by atoms with E-state index in [1.54, 1.807) is 0 Å². The molecule has 0 bridgehead atoms. The zero-order valence-electron chi connectivity index (χ0n) is 4.60. The van der Waals surface area contributed by atoms with Gasteiger partial charge in [0.05, 0.1) is 0 Å². The van der Waals surface area contributed by atoms with E-state index in [1.807, 2.05) is 20.0 Å². The normalized spacial score (nSPS) is 18.0. The van der Waals surface area contributed by atoms with Gasteiger partial charge in [-0.2, -0.15) is 0 Å². The third kappa shape index (κ3) is 0.920. The van der Waals surface area contributed by atoms with E-state index < -0.39 is 0 Å². The Morgan fingerprint density at radius 3 is 2.43 bits per heavy atom. The number of allylic oxidation sites excluding steroid dienone is 1. The SMILES string of the molecule is CC1=CN=C(C)[B]1. The number of aliphatic imine (C=N–C) groups is 1. The second-order valence-electron chi connectivity index (χ2n) is 1.79. The van der Waals surface area contributed by atoms with Crippen LogP contribution in [0, 0.1) is 0 Å². The van der Waals surface area contributed by atoms with Crippen molar-refractivity contribution in [3.05, 3.63) is 11.7 Å². The molecular weight excluding hydrogens is 84.9 g/mol. The van der Waals surface area contributed by atoms with Crippen LogP contribution in [0.1, 0.15) is 13.8 Å². The van der Waals surface area contributed by atoms with Gasteiger partial charge in [0.1, 0.15) is 0 Å². The van der Waals surface area contributed by atoms with Crippen molar-refractivity contribution in [2.24, 2.45) is 4.99 Å². The van der Waals surface area contributed by atoms with E-state index in [0.29, 0.717) is 0 Å². The number of nitrogens with zero attached hydrogens (tertiary/aromatic N) is 1. The van der Waals surface area contributed by atoms with Gasteiger partial charge in [0, 0.05) is 6.20 Å². The van der Waals surface area contributed by atoms with Gasteiger partial charge in [-0.25, -0.2) is 0 Å². The van der Waals surface area contributed by atoms with Crippen LogP contribution < -0.4 is 0 Å². The van der Waals surface area contributed by atoms with Gasteiger partial charge in [-0.15, -0.1) is 0 Å². The maximum Gasteiger partial charge on any atom is 0.206 e. The highest BCUT2D eigenvalue weighted by atomic mass is 14.7. The number of hydrogen-bond donors (Lipinski definition) is 0. The summed E-state index contributed by atoms with van der Waals surface area (Å²) < 4.78 is 0. The molecule has 0 aromatic heterocycles. The molecule has 0 aliphatic carbocycles. The summed E-state index contributed by atoms with van der Waals surface area (Å²) in [5, 5.41) is 0. The van der Waals surface area contributed by atoms with Crippen molar-refractivity contribution in [2.75, 3.05) is 0 Å². The molecule has 2 heteroatoms. The Balaban J connectivity index is 2.61. The minimum absolute atomic E-state index is 1.11. The topological polar surface area (TPSA) is 12.4 Å². The Kier molecular flexibility index (Phi) is 1.01. The molecule has 0 aromatic rings. The third-order valence-electron chi connectivity index (χ3n) is 0.908. The van der Waals surface area contributed by atoms with Crippen LogP contribution in [0.3, 0.4) is 0 Å². The van der Waals surface area contributed by atoms with Gasteiger partial charge in [0.15, 0.2) is 0 Å². The van der Waals surface area contributed by atoms with Crippen LogP contribution in [0.5, 0.6) is 0 Å². The van der Waals surface area contributed by atoms with E-state index in [1.165, 1.54) is 5.47 Å². The zero-order chi connectivity index (χ0) is 5.28. The van der Waals surface area contributed by atoms with Crippen LogP contribution >= 0.6 is 0 Å². The number of hydrogen-bond acceptors (Lipinski definition) is 1. The first kappa shape index (κ1) is 4.63. The standard InChI is InChI=1S/C5H7BN/c1-4-3-7-5(2)6-4/h3H,1-2H3. The smallest absolute Gasteiger partial charge is 0.206 e. The molecule has 1 nitrogen and oxygen atoms in total. The number of rotatable bonds is 0. The van der Waals surface area contributed by atoms with Crippen LogP contribution in [0.4, 0.5) is 0 Å². The fourth-order valence-corrected chi connectivity index (χ4v) is 0.608. The summed E-state index contributed by atoms with van der Waals surface area (Å²) in [4.78, 5) is 4.02. The molecule has 0 spiro atoms. The highest BCUT2D eigenvalue weighted by molar-refractivity contribution is 6.81. The summed E-state index contributed by atoms with van der Waals surface area (Å²) in [6.45, 7) is 4.03. The first-order chi connectivity index (χ1) is 3.29. The first-order valence-corrected chi connectivity index (χ1v) is 2.35. The molecule has 0 saturated carbocycles. The predicted molar refractivity (Wildman–Crippen MR) is 32.6 cm³/mol. The molecule has 0 amide bonds. The summed E-state index contributed by atoms with van der Waals surface area (Å²) in [5.41, 5.74) is 2.36. The van der Waals surface area contributed by atoms with Gasteiger partial charge >= 0.3 is 0 Å². The monoisotopic (exact) mass is 92.1 g/mol. The largest absolute Gasteiger partial charge is 0.277 e. The molecule has 0 unspecified atom stereocenters. The highest BCUT2D eigenvalue weighted by Crippen LogP contribution is 1.98. The Labute approximate surface area is 44.4 Å². The summed E-state index contributed by atoms with van der Waals surface area (Å²) in [5.74, 6) is 0. The van der Waals surface area contributed by atoms with Gasteiger partial charge in [0.2, 0.25) is 7.28 Å². The quantitative estimate of drug-likeness (QED) is 0.395. The van der Waals surface area contributed by atoms with Crippen LogP contribution in [0.2, 0.25) is 0 Å².